The van der Waals surface area contributed by atoms with Gasteiger partial charge in [0.15, 0.2) is 4.67 Å². The van der Waals surface area contributed by atoms with Gasteiger partial charge in [0, 0.05) is 11.6 Å². The number of tetrazole rings is 1. The van der Waals surface area contributed by atoms with Crippen LogP contribution in [0.15, 0.2) is 45.7 Å². The van der Waals surface area contributed by atoms with Gasteiger partial charge in [0.05, 0.1) is 11.3 Å². The molecule has 0 bridgehead atoms. The molecule has 20 heavy (non-hydrogen) atoms. The number of aromatic nitrogens is 4. The summed E-state index contributed by atoms with van der Waals surface area (Å²) in [6.07, 6.45) is 1.37. The van der Waals surface area contributed by atoms with Gasteiger partial charge in [0.2, 0.25) is 5.82 Å². The van der Waals surface area contributed by atoms with Gasteiger partial charge in [-0.1, -0.05) is 12.1 Å². The molecular weight excluding hydrogens is 326 g/mol. The molecule has 100 valence electrons. The van der Waals surface area contributed by atoms with E-state index in [4.69, 9.17) is 4.42 Å². The van der Waals surface area contributed by atoms with E-state index < -0.39 is 0 Å². The van der Waals surface area contributed by atoms with Gasteiger partial charge in [-0.2, -0.15) is 5.21 Å². The molecule has 0 saturated carbocycles. The number of hydrogen-bond acceptors (Lipinski definition) is 5. The molecule has 0 aliphatic rings. The van der Waals surface area contributed by atoms with Gasteiger partial charge in [-0.15, -0.1) is 10.2 Å². The molecule has 3 aromatic rings. The van der Waals surface area contributed by atoms with Crippen molar-refractivity contribution in [3.05, 3.63) is 46.8 Å². The van der Waals surface area contributed by atoms with Crippen molar-refractivity contribution in [1.29, 1.82) is 0 Å². The molecule has 0 spiro atoms. The van der Waals surface area contributed by atoms with Gasteiger partial charge < -0.3 is 9.73 Å². The number of hydrogen-bond donors (Lipinski definition) is 2. The van der Waals surface area contributed by atoms with Crippen LogP contribution in [0.1, 0.15) is 10.4 Å². The van der Waals surface area contributed by atoms with Crippen LogP contribution in [-0.2, 0) is 0 Å². The number of carbonyl (C=O) groups is 1. The number of rotatable bonds is 3. The summed E-state index contributed by atoms with van der Waals surface area (Å²) in [5.74, 6) is 0.129. The zero-order valence-corrected chi connectivity index (χ0v) is 11.6. The number of amides is 1. The first-order chi connectivity index (χ1) is 9.74. The van der Waals surface area contributed by atoms with Crippen LogP contribution in [-0.4, -0.2) is 26.5 Å². The number of nitrogens with one attached hydrogen (secondary N) is 2. The molecule has 0 atom stereocenters. The summed E-state index contributed by atoms with van der Waals surface area (Å²) in [6, 6.07) is 8.79. The van der Waals surface area contributed by atoms with Crippen molar-refractivity contribution in [3.8, 4) is 11.4 Å². The van der Waals surface area contributed by atoms with E-state index in [0.717, 1.165) is 0 Å². The standard InChI is InChI=1S/C12H8BrN5O2/c13-10-5-7(6-20-10)12(19)14-9-4-2-1-3-8(9)11-15-17-18-16-11/h1-6H,(H,14,19)(H,15,16,17,18). The van der Waals surface area contributed by atoms with E-state index in [2.05, 4.69) is 41.9 Å². The average Bonchev–Trinajstić information content (AvgIpc) is 3.10. The summed E-state index contributed by atoms with van der Waals surface area (Å²) in [5.41, 5.74) is 1.69. The Hall–Kier alpha value is -2.48. The molecule has 2 aromatic heterocycles. The Bertz CT molecular complexity index is 738. The van der Waals surface area contributed by atoms with E-state index in [1.165, 1.54) is 6.26 Å². The maximum Gasteiger partial charge on any atom is 0.258 e. The average molecular weight is 334 g/mol. The molecular formula is C12H8BrN5O2. The quantitative estimate of drug-likeness (QED) is 0.767. The lowest BCUT2D eigenvalue weighted by molar-refractivity contribution is 0.102. The van der Waals surface area contributed by atoms with E-state index in [1.807, 2.05) is 12.1 Å². The number of anilines is 1. The van der Waals surface area contributed by atoms with Crippen molar-refractivity contribution in [1.82, 2.24) is 20.6 Å². The Morgan fingerprint density at radius 3 is 2.90 bits per heavy atom. The molecule has 2 heterocycles. The Morgan fingerprint density at radius 2 is 2.20 bits per heavy atom. The molecule has 1 aromatic carbocycles. The van der Waals surface area contributed by atoms with Crippen LogP contribution in [0.5, 0.6) is 0 Å². The highest BCUT2D eigenvalue weighted by Crippen LogP contribution is 2.25. The number of benzene rings is 1. The van der Waals surface area contributed by atoms with Crippen LogP contribution in [0.2, 0.25) is 0 Å². The first-order valence-corrected chi connectivity index (χ1v) is 6.41. The first-order valence-electron chi connectivity index (χ1n) is 5.62. The lowest BCUT2D eigenvalue weighted by Gasteiger charge is -2.07. The lowest BCUT2D eigenvalue weighted by atomic mass is 10.1. The topological polar surface area (TPSA) is 96.7 Å². The highest BCUT2D eigenvalue weighted by Gasteiger charge is 2.14. The molecule has 0 aliphatic heterocycles. The highest BCUT2D eigenvalue weighted by molar-refractivity contribution is 9.10. The van der Waals surface area contributed by atoms with Crippen molar-refractivity contribution in [2.45, 2.75) is 0 Å². The van der Waals surface area contributed by atoms with E-state index in [-0.39, 0.29) is 5.91 Å². The van der Waals surface area contributed by atoms with E-state index in [9.17, 15) is 4.79 Å². The van der Waals surface area contributed by atoms with Gasteiger partial charge in [0.25, 0.3) is 5.91 Å². The summed E-state index contributed by atoms with van der Waals surface area (Å²) < 4.78 is 5.54. The molecule has 0 unspecified atom stereocenters. The maximum absolute atomic E-state index is 12.1. The Balaban J connectivity index is 1.90. The van der Waals surface area contributed by atoms with Gasteiger partial charge in [0.1, 0.15) is 6.26 Å². The Labute approximate surface area is 121 Å². The predicted molar refractivity (Wildman–Crippen MR) is 74.0 cm³/mol. The van der Waals surface area contributed by atoms with E-state index >= 15 is 0 Å². The molecule has 8 heteroatoms. The molecule has 2 N–H and O–H groups in total. The van der Waals surface area contributed by atoms with Gasteiger partial charge in [-0.05, 0) is 33.3 Å². The molecule has 7 nitrogen and oxygen atoms in total. The number of furan rings is 1. The normalized spacial score (nSPS) is 10.4. The monoisotopic (exact) mass is 333 g/mol. The smallest absolute Gasteiger partial charge is 0.258 e. The summed E-state index contributed by atoms with van der Waals surface area (Å²) in [4.78, 5) is 12.1. The molecule has 0 radical (unpaired) electrons. The summed E-state index contributed by atoms with van der Waals surface area (Å²) in [7, 11) is 0. The number of H-pyrrole nitrogens is 1. The fourth-order valence-electron chi connectivity index (χ4n) is 1.69. The second-order valence-electron chi connectivity index (χ2n) is 3.87. The summed E-state index contributed by atoms with van der Waals surface area (Å²) in [6.45, 7) is 0. The minimum atomic E-state index is -0.282. The van der Waals surface area contributed by atoms with Crippen molar-refractivity contribution < 1.29 is 9.21 Å². The number of halogens is 1. The Morgan fingerprint density at radius 1 is 1.35 bits per heavy atom. The van der Waals surface area contributed by atoms with Gasteiger partial charge in [-0.25, -0.2) is 0 Å². The van der Waals surface area contributed by atoms with Crippen LogP contribution < -0.4 is 5.32 Å². The second kappa shape index (κ2) is 5.25. The fraction of sp³-hybridized carbons (Fsp3) is 0. The molecule has 0 aliphatic carbocycles. The fourth-order valence-corrected chi connectivity index (χ4v) is 2.03. The minimum absolute atomic E-state index is 0.282. The minimum Gasteiger partial charge on any atom is -0.457 e. The largest absolute Gasteiger partial charge is 0.457 e. The third-order valence-corrected chi connectivity index (χ3v) is 3.01. The van der Waals surface area contributed by atoms with E-state index in [0.29, 0.717) is 27.3 Å². The SMILES string of the molecule is O=C(Nc1ccccc1-c1nn[nH]n1)c1coc(Br)c1. The third-order valence-electron chi connectivity index (χ3n) is 2.59. The van der Waals surface area contributed by atoms with Crippen LogP contribution in [0.3, 0.4) is 0 Å². The van der Waals surface area contributed by atoms with Crippen LogP contribution in [0, 0.1) is 0 Å². The van der Waals surface area contributed by atoms with Crippen LogP contribution in [0.4, 0.5) is 5.69 Å². The number of carbonyl (C=O) groups excluding carboxylic acids is 1. The molecule has 3 rings (SSSR count). The van der Waals surface area contributed by atoms with Crippen molar-refractivity contribution in [2.75, 3.05) is 5.32 Å². The van der Waals surface area contributed by atoms with Crippen molar-refractivity contribution in [3.63, 3.8) is 0 Å². The predicted octanol–water partition coefficient (Wildman–Crippen LogP) is 2.47. The lowest BCUT2D eigenvalue weighted by Crippen LogP contribution is -2.11. The maximum atomic E-state index is 12.1. The van der Waals surface area contributed by atoms with Gasteiger partial charge in [-0.3, -0.25) is 4.79 Å². The van der Waals surface area contributed by atoms with E-state index in [1.54, 1.807) is 18.2 Å². The molecule has 0 saturated heterocycles. The van der Waals surface area contributed by atoms with Crippen molar-refractivity contribution in [2.24, 2.45) is 0 Å². The highest BCUT2D eigenvalue weighted by atomic mass is 79.9. The second-order valence-corrected chi connectivity index (χ2v) is 4.66. The third kappa shape index (κ3) is 2.45. The van der Waals surface area contributed by atoms with Crippen LogP contribution in [0.25, 0.3) is 11.4 Å². The van der Waals surface area contributed by atoms with Crippen LogP contribution >= 0.6 is 15.9 Å². The Kier molecular flexibility index (Phi) is 3.30. The summed E-state index contributed by atoms with van der Waals surface area (Å²) in [5, 5.41) is 16.5. The first kappa shape index (κ1) is 12.5. The van der Waals surface area contributed by atoms with Crippen molar-refractivity contribution >= 4 is 27.5 Å². The van der Waals surface area contributed by atoms with Gasteiger partial charge >= 0.3 is 0 Å². The zero-order valence-electron chi connectivity index (χ0n) is 10.0. The molecule has 1 amide bonds. The number of para-hydroxylation sites is 1. The number of aromatic amines is 1. The zero-order chi connectivity index (χ0) is 13.9. The molecule has 0 fully saturated rings. The number of nitrogens with zero attached hydrogens (tertiary/aromatic N) is 3. The summed E-state index contributed by atoms with van der Waals surface area (Å²) >= 11 is 3.15.